The highest BCUT2D eigenvalue weighted by atomic mass is 35.5. The molecule has 0 spiro atoms. The lowest BCUT2D eigenvalue weighted by Crippen LogP contribution is -2.44. The third-order valence-electron chi connectivity index (χ3n) is 5.67. The van der Waals surface area contributed by atoms with Gasteiger partial charge in [-0.1, -0.05) is 11.6 Å². The Morgan fingerprint density at radius 3 is 2.41 bits per heavy atom. The molecular formula is C22H30ClN5O. The second kappa shape index (κ2) is 10.0. The quantitative estimate of drug-likeness (QED) is 0.719. The molecule has 1 aromatic heterocycles. The van der Waals surface area contributed by atoms with E-state index in [1.165, 1.54) is 6.33 Å². The second-order valence-corrected chi connectivity index (χ2v) is 8.21. The number of benzene rings is 1. The molecule has 0 aliphatic carbocycles. The van der Waals surface area contributed by atoms with Crippen LogP contribution in [0.3, 0.4) is 0 Å². The summed E-state index contributed by atoms with van der Waals surface area (Å²) in [6.45, 7) is 8.69. The van der Waals surface area contributed by atoms with Crippen LogP contribution in [0, 0.1) is 13.8 Å². The third kappa shape index (κ3) is 5.90. The zero-order chi connectivity index (χ0) is 20.8. The molecule has 1 aliphatic heterocycles. The van der Waals surface area contributed by atoms with Crippen LogP contribution in [0.15, 0.2) is 30.6 Å². The number of carbonyl (C=O) groups excluding carboxylic acids is 1. The van der Waals surface area contributed by atoms with Crippen LogP contribution in [-0.4, -0.2) is 52.5 Å². The molecule has 1 aromatic carbocycles. The van der Waals surface area contributed by atoms with Crippen LogP contribution in [0.5, 0.6) is 0 Å². The minimum atomic E-state index is -0.0846. The van der Waals surface area contributed by atoms with Gasteiger partial charge in [0.15, 0.2) is 0 Å². The van der Waals surface area contributed by atoms with Gasteiger partial charge in [0.05, 0.1) is 17.0 Å². The lowest BCUT2D eigenvalue weighted by Gasteiger charge is -2.36. The molecule has 0 unspecified atom stereocenters. The number of nitrogens with one attached hydrogen (secondary N) is 2. The first-order chi connectivity index (χ1) is 13.9. The van der Waals surface area contributed by atoms with Crippen LogP contribution in [-0.2, 0) is 0 Å². The van der Waals surface area contributed by atoms with Gasteiger partial charge in [0.1, 0.15) is 6.33 Å². The van der Waals surface area contributed by atoms with Gasteiger partial charge >= 0.3 is 0 Å². The molecule has 156 valence electrons. The van der Waals surface area contributed by atoms with E-state index in [1.807, 2.05) is 38.1 Å². The highest BCUT2D eigenvalue weighted by Crippen LogP contribution is 2.20. The molecule has 0 bridgehead atoms. The molecule has 7 heteroatoms. The number of anilines is 1. The molecule has 1 atom stereocenters. The number of carbonyl (C=O) groups is 1. The summed E-state index contributed by atoms with van der Waals surface area (Å²) in [5.74, 6) is -0.0846. The van der Waals surface area contributed by atoms with Gasteiger partial charge in [-0.25, -0.2) is 9.97 Å². The number of hydrogen-bond acceptors (Lipinski definition) is 5. The first-order valence-corrected chi connectivity index (χ1v) is 10.6. The van der Waals surface area contributed by atoms with Gasteiger partial charge in [-0.05, 0) is 64.3 Å². The van der Waals surface area contributed by atoms with Gasteiger partial charge in [-0.3, -0.25) is 4.79 Å². The average Bonchev–Trinajstić information content (AvgIpc) is 2.70. The number of nitrogens with zero attached hydrogens (tertiary/aromatic N) is 3. The number of rotatable bonds is 7. The monoisotopic (exact) mass is 415 g/mol. The van der Waals surface area contributed by atoms with Gasteiger partial charge in [-0.15, -0.1) is 0 Å². The molecular weight excluding hydrogens is 386 g/mol. The molecule has 6 nitrogen and oxygen atoms in total. The van der Waals surface area contributed by atoms with E-state index < -0.39 is 0 Å². The molecule has 0 radical (unpaired) electrons. The summed E-state index contributed by atoms with van der Waals surface area (Å²) in [6.07, 6.45) is 4.64. The Labute approximate surface area is 178 Å². The smallest absolute Gasteiger partial charge is 0.254 e. The highest BCUT2D eigenvalue weighted by molar-refractivity contribution is 6.30. The van der Waals surface area contributed by atoms with Crippen molar-refractivity contribution >= 4 is 23.2 Å². The summed E-state index contributed by atoms with van der Waals surface area (Å²) in [5, 5.41) is 7.39. The Balaban J connectivity index is 1.40. The van der Waals surface area contributed by atoms with Crippen molar-refractivity contribution in [3.8, 4) is 0 Å². The van der Waals surface area contributed by atoms with Crippen LogP contribution in [0.4, 0.5) is 5.69 Å². The van der Waals surface area contributed by atoms with Crippen molar-refractivity contribution < 1.29 is 4.79 Å². The van der Waals surface area contributed by atoms with E-state index in [9.17, 15) is 4.79 Å². The lowest BCUT2D eigenvalue weighted by atomic mass is 10.0. The summed E-state index contributed by atoms with van der Waals surface area (Å²) in [5.41, 5.74) is 3.16. The SMILES string of the molecule is Cc1ncnc(C)c1C(=O)NCC[C@@H](C)N1CCC(Nc2ccc(Cl)cc2)CC1. The van der Waals surface area contributed by atoms with Crippen LogP contribution >= 0.6 is 11.6 Å². The number of aromatic nitrogens is 2. The molecule has 1 fully saturated rings. The normalized spacial score (nSPS) is 16.4. The van der Waals surface area contributed by atoms with Gasteiger partial charge in [0.25, 0.3) is 5.91 Å². The first-order valence-electron chi connectivity index (χ1n) is 10.3. The summed E-state index contributed by atoms with van der Waals surface area (Å²) in [6, 6.07) is 8.81. The molecule has 1 amide bonds. The largest absolute Gasteiger partial charge is 0.382 e. The van der Waals surface area contributed by atoms with Gasteiger partial charge in [0, 0.05) is 42.4 Å². The summed E-state index contributed by atoms with van der Waals surface area (Å²) >= 11 is 5.95. The molecule has 1 saturated heterocycles. The van der Waals surface area contributed by atoms with Crippen LogP contribution in [0.1, 0.15) is 47.9 Å². The van der Waals surface area contributed by atoms with E-state index in [0.29, 0.717) is 24.2 Å². The molecule has 0 saturated carbocycles. The molecule has 1 aliphatic rings. The van der Waals surface area contributed by atoms with E-state index in [4.69, 9.17) is 11.6 Å². The Morgan fingerprint density at radius 2 is 1.79 bits per heavy atom. The third-order valence-corrected chi connectivity index (χ3v) is 5.92. The van der Waals surface area contributed by atoms with Crippen molar-refractivity contribution in [2.75, 3.05) is 25.0 Å². The Bertz CT molecular complexity index is 798. The summed E-state index contributed by atoms with van der Waals surface area (Å²) < 4.78 is 0. The maximum atomic E-state index is 12.5. The summed E-state index contributed by atoms with van der Waals surface area (Å²) in [7, 11) is 0. The standard InChI is InChI=1S/C22H30ClN5O/c1-15(8-11-24-22(29)21-16(2)25-14-26-17(21)3)28-12-9-20(10-13-28)27-19-6-4-18(23)5-7-19/h4-7,14-15,20,27H,8-13H2,1-3H3,(H,24,29)/t15-/m1/s1. The molecule has 2 heterocycles. The predicted octanol–water partition coefficient (Wildman–Crippen LogP) is 3.83. The maximum absolute atomic E-state index is 12.5. The number of likely N-dealkylation sites (tertiary alicyclic amines) is 1. The number of aryl methyl sites for hydroxylation is 2. The van der Waals surface area contributed by atoms with Crippen molar-refractivity contribution in [3.05, 3.63) is 52.6 Å². The van der Waals surface area contributed by atoms with Crippen molar-refractivity contribution in [1.29, 1.82) is 0 Å². The number of halogens is 1. The van der Waals surface area contributed by atoms with E-state index in [1.54, 1.807) is 0 Å². The predicted molar refractivity (Wildman–Crippen MR) is 118 cm³/mol. The molecule has 3 rings (SSSR count). The fourth-order valence-electron chi connectivity index (χ4n) is 3.85. The van der Waals surface area contributed by atoms with E-state index in [2.05, 4.69) is 32.4 Å². The molecule has 2 N–H and O–H groups in total. The van der Waals surface area contributed by atoms with Gasteiger partial charge in [-0.2, -0.15) is 0 Å². The minimum absolute atomic E-state index is 0.0846. The molecule has 2 aromatic rings. The Morgan fingerprint density at radius 1 is 1.17 bits per heavy atom. The number of piperidine rings is 1. The highest BCUT2D eigenvalue weighted by Gasteiger charge is 2.23. The fourth-order valence-corrected chi connectivity index (χ4v) is 3.98. The van der Waals surface area contributed by atoms with E-state index in [-0.39, 0.29) is 5.91 Å². The zero-order valence-corrected chi connectivity index (χ0v) is 18.2. The van der Waals surface area contributed by atoms with Gasteiger partial charge < -0.3 is 15.5 Å². The van der Waals surface area contributed by atoms with Crippen molar-refractivity contribution in [1.82, 2.24) is 20.2 Å². The summed E-state index contributed by atoms with van der Waals surface area (Å²) in [4.78, 5) is 23.2. The van der Waals surface area contributed by atoms with Gasteiger partial charge in [0.2, 0.25) is 0 Å². The number of amides is 1. The topological polar surface area (TPSA) is 70.2 Å². The van der Waals surface area contributed by atoms with E-state index in [0.717, 1.165) is 54.4 Å². The lowest BCUT2D eigenvalue weighted by molar-refractivity contribution is 0.0943. The zero-order valence-electron chi connectivity index (χ0n) is 17.4. The van der Waals surface area contributed by atoms with Crippen molar-refractivity contribution in [3.63, 3.8) is 0 Å². The van der Waals surface area contributed by atoms with Crippen LogP contribution < -0.4 is 10.6 Å². The average molecular weight is 416 g/mol. The Hall–Kier alpha value is -2.18. The molecule has 29 heavy (non-hydrogen) atoms. The number of hydrogen-bond donors (Lipinski definition) is 2. The van der Waals surface area contributed by atoms with Crippen LogP contribution in [0.2, 0.25) is 5.02 Å². The van der Waals surface area contributed by atoms with Crippen molar-refractivity contribution in [2.24, 2.45) is 0 Å². The first kappa shape index (κ1) is 21.5. The van der Waals surface area contributed by atoms with E-state index >= 15 is 0 Å². The van der Waals surface area contributed by atoms with Crippen molar-refractivity contribution in [2.45, 2.75) is 52.1 Å². The second-order valence-electron chi connectivity index (χ2n) is 7.77. The minimum Gasteiger partial charge on any atom is -0.382 e. The van der Waals surface area contributed by atoms with Crippen LogP contribution in [0.25, 0.3) is 0 Å². The Kier molecular flexibility index (Phi) is 7.45. The fraction of sp³-hybridized carbons (Fsp3) is 0.500. The maximum Gasteiger partial charge on any atom is 0.254 e.